The molecule has 6 heteroatoms. The summed E-state index contributed by atoms with van der Waals surface area (Å²) in [4.78, 5) is 25.6. The molecule has 1 aromatic rings. The highest BCUT2D eigenvalue weighted by atomic mass is 16.5. The van der Waals surface area contributed by atoms with Gasteiger partial charge in [-0.2, -0.15) is 0 Å². The number of carboxylic acid groups (broad SMARTS) is 1. The molecule has 1 heterocycles. The van der Waals surface area contributed by atoms with Crippen LogP contribution in [-0.4, -0.2) is 41.7 Å². The molecule has 1 saturated heterocycles. The molecule has 1 fully saturated rings. The van der Waals surface area contributed by atoms with E-state index in [2.05, 4.69) is 5.32 Å². The van der Waals surface area contributed by atoms with Crippen LogP contribution in [0.2, 0.25) is 0 Å². The fraction of sp³-hybridized carbons (Fsp3) is 0.529. The molecule has 0 aromatic heterocycles. The summed E-state index contributed by atoms with van der Waals surface area (Å²) in [6.07, 6.45) is 0. The summed E-state index contributed by atoms with van der Waals surface area (Å²) < 4.78 is 5.33. The van der Waals surface area contributed by atoms with Crippen LogP contribution in [0.3, 0.4) is 0 Å². The Morgan fingerprint density at radius 2 is 2.09 bits per heavy atom. The van der Waals surface area contributed by atoms with Gasteiger partial charge in [-0.3, -0.25) is 4.79 Å². The molecule has 1 aliphatic heterocycles. The number of benzene rings is 1. The van der Waals surface area contributed by atoms with Gasteiger partial charge in [0, 0.05) is 12.1 Å². The zero-order valence-electron chi connectivity index (χ0n) is 14.0. The van der Waals surface area contributed by atoms with Crippen molar-refractivity contribution in [3.8, 4) is 5.75 Å². The fourth-order valence-electron chi connectivity index (χ4n) is 3.17. The number of hydrogen-bond donors (Lipinski definition) is 2. The molecule has 0 spiro atoms. The van der Waals surface area contributed by atoms with Crippen LogP contribution in [0.15, 0.2) is 24.3 Å². The van der Waals surface area contributed by atoms with Gasteiger partial charge >= 0.3 is 12.0 Å². The summed E-state index contributed by atoms with van der Waals surface area (Å²) in [5.74, 6) is -0.853. The van der Waals surface area contributed by atoms with E-state index >= 15 is 0 Å². The first-order chi connectivity index (χ1) is 10.8. The van der Waals surface area contributed by atoms with Gasteiger partial charge in [0.2, 0.25) is 0 Å². The molecule has 2 amide bonds. The maximum atomic E-state index is 12.2. The van der Waals surface area contributed by atoms with E-state index in [0.29, 0.717) is 18.8 Å². The Bertz CT molecular complexity index is 595. The van der Waals surface area contributed by atoms with Crippen LogP contribution in [0.4, 0.5) is 4.79 Å². The lowest BCUT2D eigenvalue weighted by Gasteiger charge is -2.36. The van der Waals surface area contributed by atoms with Crippen molar-refractivity contribution < 1.29 is 19.4 Å². The Balaban J connectivity index is 2.31. The van der Waals surface area contributed by atoms with Gasteiger partial charge in [-0.05, 0) is 11.5 Å². The monoisotopic (exact) mass is 320 g/mol. The predicted octanol–water partition coefficient (Wildman–Crippen LogP) is 2.34. The minimum atomic E-state index is -0.885. The Morgan fingerprint density at radius 1 is 1.43 bits per heavy atom. The van der Waals surface area contributed by atoms with E-state index in [9.17, 15) is 14.7 Å². The van der Waals surface area contributed by atoms with Crippen molar-refractivity contribution in [1.29, 1.82) is 0 Å². The number of nitrogens with one attached hydrogen (secondary N) is 1. The molecule has 0 saturated carbocycles. The molecule has 6 nitrogen and oxygen atoms in total. The van der Waals surface area contributed by atoms with E-state index < -0.39 is 23.3 Å². The van der Waals surface area contributed by atoms with Gasteiger partial charge in [-0.15, -0.1) is 0 Å². The van der Waals surface area contributed by atoms with Crippen LogP contribution in [0.25, 0.3) is 0 Å². The molecule has 1 unspecified atom stereocenters. The van der Waals surface area contributed by atoms with Crippen molar-refractivity contribution in [2.24, 2.45) is 11.3 Å². The van der Waals surface area contributed by atoms with Crippen molar-refractivity contribution in [2.45, 2.75) is 33.4 Å². The lowest BCUT2D eigenvalue weighted by molar-refractivity contribution is -0.148. The van der Waals surface area contributed by atoms with Gasteiger partial charge in [-0.1, -0.05) is 39.0 Å². The average Bonchev–Trinajstić information content (AvgIpc) is 2.79. The number of carbonyl (C=O) groups is 2. The lowest BCUT2D eigenvalue weighted by Crippen LogP contribution is -2.47. The van der Waals surface area contributed by atoms with Gasteiger partial charge in [0.25, 0.3) is 0 Å². The predicted molar refractivity (Wildman–Crippen MR) is 86.3 cm³/mol. The number of carboxylic acids is 1. The number of methoxy groups -OCH3 is 1. The lowest BCUT2D eigenvalue weighted by atomic mass is 9.76. The Morgan fingerprint density at radius 3 is 2.65 bits per heavy atom. The molecule has 23 heavy (non-hydrogen) atoms. The molecule has 0 radical (unpaired) electrons. The molecule has 2 atom stereocenters. The first-order valence-corrected chi connectivity index (χ1v) is 7.65. The van der Waals surface area contributed by atoms with Crippen LogP contribution < -0.4 is 10.1 Å². The SMILES string of the molecule is COc1ccccc1CN1C(=O)NCC1[C@@H](C(=O)O)C(C)(C)C. The number of para-hydroxylation sites is 1. The third-order valence-electron chi connectivity index (χ3n) is 4.24. The first-order valence-electron chi connectivity index (χ1n) is 7.65. The summed E-state index contributed by atoms with van der Waals surface area (Å²) in [6, 6.07) is 6.81. The van der Waals surface area contributed by atoms with E-state index in [1.165, 1.54) is 0 Å². The number of amides is 2. The van der Waals surface area contributed by atoms with Crippen molar-refractivity contribution >= 4 is 12.0 Å². The molecular weight excluding hydrogens is 296 g/mol. The van der Waals surface area contributed by atoms with Crippen LogP contribution in [0.5, 0.6) is 5.75 Å². The maximum absolute atomic E-state index is 12.2. The molecule has 2 rings (SSSR count). The van der Waals surface area contributed by atoms with E-state index in [1.54, 1.807) is 12.0 Å². The summed E-state index contributed by atoms with van der Waals surface area (Å²) in [5, 5.41) is 12.4. The molecule has 0 bridgehead atoms. The molecule has 0 aliphatic carbocycles. The van der Waals surface area contributed by atoms with E-state index in [-0.39, 0.29) is 6.03 Å². The quantitative estimate of drug-likeness (QED) is 0.873. The summed E-state index contributed by atoms with van der Waals surface area (Å²) in [6.45, 7) is 6.31. The zero-order valence-corrected chi connectivity index (χ0v) is 14.0. The number of rotatable bonds is 5. The summed E-state index contributed by atoms with van der Waals surface area (Å²) in [7, 11) is 1.58. The summed E-state index contributed by atoms with van der Waals surface area (Å²) >= 11 is 0. The third-order valence-corrected chi connectivity index (χ3v) is 4.24. The number of ether oxygens (including phenoxy) is 1. The minimum absolute atomic E-state index is 0.239. The van der Waals surface area contributed by atoms with Crippen LogP contribution >= 0.6 is 0 Å². The Labute approximate surface area is 136 Å². The van der Waals surface area contributed by atoms with Gasteiger partial charge in [0.15, 0.2) is 0 Å². The number of carbonyl (C=O) groups excluding carboxylic acids is 1. The summed E-state index contributed by atoms with van der Waals surface area (Å²) in [5.41, 5.74) is 0.400. The number of aliphatic carboxylic acids is 1. The Hall–Kier alpha value is -2.24. The number of urea groups is 1. The smallest absolute Gasteiger partial charge is 0.318 e. The molecule has 1 aliphatic rings. The van der Waals surface area contributed by atoms with Crippen LogP contribution in [-0.2, 0) is 11.3 Å². The van der Waals surface area contributed by atoms with E-state index in [4.69, 9.17) is 4.74 Å². The minimum Gasteiger partial charge on any atom is -0.496 e. The second-order valence-corrected chi connectivity index (χ2v) is 6.88. The maximum Gasteiger partial charge on any atom is 0.318 e. The normalized spacial score (nSPS) is 19.4. The highest BCUT2D eigenvalue weighted by molar-refractivity contribution is 5.80. The third kappa shape index (κ3) is 3.57. The van der Waals surface area contributed by atoms with Gasteiger partial charge in [-0.25, -0.2) is 4.79 Å². The average molecular weight is 320 g/mol. The van der Waals surface area contributed by atoms with E-state index in [0.717, 1.165) is 5.56 Å². The highest BCUT2D eigenvalue weighted by Gasteiger charge is 2.45. The van der Waals surface area contributed by atoms with Crippen LogP contribution in [0.1, 0.15) is 26.3 Å². The Kier molecular flexibility index (Phi) is 4.82. The highest BCUT2D eigenvalue weighted by Crippen LogP contribution is 2.34. The number of nitrogens with zero attached hydrogens (tertiary/aromatic N) is 1. The largest absolute Gasteiger partial charge is 0.496 e. The first kappa shape index (κ1) is 17.1. The van der Waals surface area contributed by atoms with Crippen molar-refractivity contribution in [3.05, 3.63) is 29.8 Å². The standard InChI is InChI=1S/C17H24N2O4/c1-17(2,3)14(15(20)21)12-9-18-16(22)19(12)10-11-7-5-6-8-13(11)23-4/h5-8,12,14H,9-10H2,1-4H3,(H,18,22)(H,20,21)/t12?,14-/m0/s1. The number of hydrogen-bond acceptors (Lipinski definition) is 3. The second-order valence-electron chi connectivity index (χ2n) is 6.88. The molecular formula is C17H24N2O4. The zero-order chi connectivity index (χ0) is 17.2. The second kappa shape index (κ2) is 6.48. The van der Waals surface area contributed by atoms with Crippen molar-refractivity contribution in [1.82, 2.24) is 10.2 Å². The van der Waals surface area contributed by atoms with Gasteiger partial charge < -0.3 is 20.1 Å². The molecule has 126 valence electrons. The molecule has 2 N–H and O–H groups in total. The van der Waals surface area contributed by atoms with Crippen molar-refractivity contribution in [2.75, 3.05) is 13.7 Å². The van der Waals surface area contributed by atoms with E-state index in [1.807, 2.05) is 45.0 Å². The topological polar surface area (TPSA) is 78.9 Å². The van der Waals surface area contributed by atoms with Gasteiger partial charge in [0.05, 0.1) is 25.6 Å². The molecule has 1 aromatic carbocycles. The van der Waals surface area contributed by atoms with Gasteiger partial charge in [0.1, 0.15) is 5.75 Å². The fourth-order valence-corrected chi connectivity index (χ4v) is 3.17. The van der Waals surface area contributed by atoms with Crippen LogP contribution in [0, 0.1) is 11.3 Å². The van der Waals surface area contributed by atoms with Crippen molar-refractivity contribution in [3.63, 3.8) is 0 Å².